The summed E-state index contributed by atoms with van der Waals surface area (Å²) in [6.45, 7) is 1.23. The number of hydrogen-bond acceptors (Lipinski definition) is 4. The van der Waals surface area contributed by atoms with Crippen LogP contribution in [-0.2, 0) is 11.2 Å². The van der Waals surface area contributed by atoms with Crippen LogP contribution in [0.4, 0.5) is 0 Å². The highest BCUT2D eigenvalue weighted by molar-refractivity contribution is 9.11. The molecule has 0 radical (unpaired) electrons. The lowest BCUT2D eigenvalue weighted by Crippen LogP contribution is -2.44. The highest BCUT2D eigenvalue weighted by atomic mass is 79.9. The van der Waals surface area contributed by atoms with E-state index in [-0.39, 0.29) is 0 Å². The Morgan fingerprint density at radius 3 is 2.87 bits per heavy atom. The quantitative estimate of drug-likeness (QED) is 0.666. The van der Waals surface area contributed by atoms with Crippen molar-refractivity contribution in [3.63, 3.8) is 0 Å². The molecule has 0 aliphatic rings. The van der Waals surface area contributed by atoms with Gasteiger partial charge in [0.1, 0.15) is 0 Å². The third-order valence-corrected chi connectivity index (χ3v) is 3.59. The van der Waals surface area contributed by atoms with E-state index in [9.17, 15) is 4.79 Å². The van der Waals surface area contributed by atoms with Gasteiger partial charge in [-0.15, -0.1) is 11.3 Å². The molecule has 0 spiro atoms. The van der Waals surface area contributed by atoms with Crippen molar-refractivity contribution in [2.45, 2.75) is 12.5 Å². The van der Waals surface area contributed by atoms with Crippen LogP contribution >= 0.6 is 27.3 Å². The lowest BCUT2D eigenvalue weighted by atomic mass is 10.3. The number of carbonyl (C=O) groups is 1. The summed E-state index contributed by atoms with van der Waals surface area (Å²) < 4.78 is 1.13. The van der Waals surface area contributed by atoms with Crippen molar-refractivity contribution in [3.8, 4) is 0 Å². The fraction of sp³-hybridized carbons (Fsp3) is 0.444. The van der Waals surface area contributed by atoms with Gasteiger partial charge in [-0.25, -0.2) is 0 Å². The first-order valence-corrected chi connectivity index (χ1v) is 6.20. The Balaban J connectivity index is 2.14. The molecule has 15 heavy (non-hydrogen) atoms. The maximum atomic E-state index is 10.6. The first-order valence-electron chi connectivity index (χ1n) is 4.59. The topological polar surface area (TPSA) is 81.1 Å². The number of hydrogen-bond donors (Lipinski definition) is 3. The largest absolute Gasteiger partial charge is 0.368 e. The maximum Gasteiger partial charge on any atom is 0.235 e. The molecule has 0 fully saturated rings. The van der Waals surface area contributed by atoms with Crippen LogP contribution in [0.1, 0.15) is 4.88 Å². The summed E-state index contributed by atoms with van der Waals surface area (Å²) in [5.74, 6) is -0.471. The van der Waals surface area contributed by atoms with Gasteiger partial charge in [-0.2, -0.15) is 0 Å². The third-order valence-electron chi connectivity index (χ3n) is 1.91. The average Bonchev–Trinajstić information content (AvgIpc) is 2.58. The molecule has 0 aliphatic carbocycles. The molecule has 0 aliphatic heterocycles. The van der Waals surface area contributed by atoms with Crippen LogP contribution in [-0.4, -0.2) is 25.0 Å². The van der Waals surface area contributed by atoms with Gasteiger partial charge in [-0.05, 0) is 34.5 Å². The molecule has 0 aromatic carbocycles. The molecule has 1 unspecified atom stereocenters. The number of rotatable bonds is 6. The lowest BCUT2D eigenvalue weighted by molar-refractivity contribution is -0.119. The summed E-state index contributed by atoms with van der Waals surface area (Å²) in [4.78, 5) is 11.9. The van der Waals surface area contributed by atoms with E-state index in [0.717, 1.165) is 16.8 Å². The predicted octanol–water partition coefficient (Wildman–Crippen LogP) is 0.455. The molecule has 5 N–H and O–H groups in total. The lowest BCUT2D eigenvalue weighted by Gasteiger charge is -2.08. The van der Waals surface area contributed by atoms with Crippen LogP contribution in [0.2, 0.25) is 0 Å². The van der Waals surface area contributed by atoms with E-state index in [1.54, 1.807) is 11.3 Å². The van der Waals surface area contributed by atoms with Crippen molar-refractivity contribution in [1.82, 2.24) is 5.32 Å². The highest BCUT2D eigenvalue weighted by Crippen LogP contribution is 2.21. The minimum absolute atomic E-state index is 0.432. The molecule has 1 aromatic rings. The number of carbonyl (C=O) groups excluding carboxylic acids is 1. The van der Waals surface area contributed by atoms with Crippen molar-refractivity contribution < 1.29 is 4.79 Å². The van der Waals surface area contributed by atoms with Crippen LogP contribution in [0.3, 0.4) is 0 Å². The Morgan fingerprint density at radius 2 is 2.33 bits per heavy atom. The Kier molecular flexibility index (Phi) is 5.24. The van der Waals surface area contributed by atoms with Gasteiger partial charge in [0.05, 0.1) is 9.83 Å². The summed E-state index contributed by atoms with van der Waals surface area (Å²) in [6, 6.07) is 3.50. The molecule has 1 rings (SSSR count). The maximum absolute atomic E-state index is 10.6. The van der Waals surface area contributed by atoms with Crippen LogP contribution in [0.15, 0.2) is 15.9 Å². The molecular weight excluding hydrogens is 278 g/mol. The van der Waals surface area contributed by atoms with Crippen LogP contribution in [0.25, 0.3) is 0 Å². The summed E-state index contributed by atoms with van der Waals surface area (Å²) in [6.07, 6.45) is 0.932. The first-order chi connectivity index (χ1) is 7.09. The number of thiophene rings is 1. The van der Waals surface area contributed by atoms with E-state index in [4.69, 9.17) is 11.5 Å². The number of amides is 1. The predicted molar refractivity (Wildman–Crippen MR) is 65.8 cm³/mol. The number of nitrogens with one attached hydrogen (secondary N) is 1. The monoisotopic (exact) mass is 291 g/mol. The molecule has 1 aromatic heterocycles. The molecule has 1 amide bonds. The molecule has 1 atom stereocenters. The van der Waals surface area contributed by atoms with E-state index < -0.39 is 11.9 Å². The fourth-order valence-electron chi connectivity index (χ4n) is 1.06. The van der Waals surface area contributed by atoms with E-state index in [0.29, 0.717) is 6.54 Å². The smallest absolute Gasteiger partial charge is 0.235 e. The zero-order chi connectivity index (χ0) is 11.3. The Hall–Kier alpha value is -0.430. The third kappa shape index (κ3) is 4.74. The van der Waals surface area contributed by atoms with Gasteiger partial charge in [0.15, 0.2) is 0 Å². The van der Waals surface area contributed by atoms with E-state index in [1.807, 2.05) is 6.07 Å². The van der Waals surface area contributed by atoms with Crippen LogP contribution in [0.5, 0.6) is 0 Å². The summed E-state index contributed by atoms with van der Waals surface area (Å²) in [5, 5.41) is 3.09. The Bertz CT molecular complexity index is 329. The zero-order valence-electron chi connectivity index (χ0n) is 8.20. The van der Waals surface area contributed by atoms with Crippen molar-refractivity contribution in [1.29, 1.82) is 0 Å². The molecule has 0 saturated heterocycles. The highest BCUT2D eigenvalue weighted by Gasteiger charge is 2.07. The van der Waals surface area contributed by atoms with Gasteiger partial charge in [-0.1, -0.05) is 0 Å². The SMILES string of the molecule is NC(=O)C(N)CNCCc1ccc(Br)s1. The van der Waals surface area contributed by atoms with Gasteiger partial charge >= 0.3 is 0 Å². The molecular formula is C9H14BrN3OS. The number of primary amides is 1. The number of halogens is 1. The second kappa shape index (κ2) is 6.22. The van der Waals surface area contributed by atoms with Gasteiger partial charge < -0.3 is 16.8 Å². The van der Waals surface area contributed by atoms with E-state index in [1.165, 1.54) is 4.88 Å². The standard InChI is InChI=1S/C9H14BrN3OS/c10-8-2-1-6(15-8)3-4-13-5-7(11)9(12)14/h1-2,7,13H,3-5,11H2,(H2,12,14). The summed E-state index contributed by atoms with van der Waals surface area (Å²) in [5.41, 5.74) is 10.5. The van der Waals surface area contributed by atoms with Gasteiger partial charge in [-0.3, -0.25) is 4.79 Å². The normalized spacial score (nSPS) is 12.7. The van der Waals surface area contributed by atoms with Crippen molar-refractivity contribution in [2.75, 3.05) is 13.1 Å². The summed E-state index contributed by atoms with van der Waals surface area (Å²) >= 11 is 5.11. The molecule has 6 heteroatoms. The van der Waals surface area contributed by atoms with Gasteiger partial charge in [0.2, 0.25) is 5.91 Å². The average molecular weight is 292 g/mol. The van der Waals surface area contributed by atoms with Crippen molar-refractivity contribution >= 4 is 33.2 Å². The van der Waals surface area contributed by atoms with Crippen molar-refractivity contribution in [2.24, 2.45) is 11.5 Å². The van der Waals surface area contributed by atoms with Gasteiger partial charge in [0, 0.05) is 18.0 Å². The zero-order valence-corrected chi connectivity index (χ0v) is 10.6. The van der Waals surface area contributed by atoms with E-state index in [2.05, 4.69) is 27.3 Å². The minimum Gasteiger partial charge on any atom is -0.368 e. The van der Waals surface area contributed by atoms with E-state index >= 15 is 0 Å². The minimum atomic E-state index is -0.597. The van der Waals surface area contributed by atoms with Crippen LogP contribution in [0, 0.1) is 0 Å². The Labute approximate surface area is 101 Å². The fourth-order valence-corrected chi connectivity index (χ4v) is 2.54. The second-order valence-corrected chi connectivity index (χ2v) is 5.72. The molecule has 0 bridgehead atoms. The molecule has 84 valence electrons. The van der Waals surface area contributed by atoms with Crippen molar-refractivity contribution in [3.05, 3.63) is 20.8 Å². The molecule has 1 heterocycles. The molecule has 0 saturated carbocycles. The van der Waals surface area contributed by atoms with Crippen LogP contribution < -0.4 is 16.8 Å². The second-order valence-electron chi connectivity index (χ2n) is 3.17. The first kappa shape index (κ1) is 12.6. The Morgan fingerprint density at radius 1 is 1.60 bits per heavy atom. The molecule has 4 nitrogen and oxygen atoms in total. The number of nitrogens with two attached hydrogens (primary N) is 2. The van der Waals surface area contributed by atoms with Gasteiger partial charge in [0.25, 0.3) is 0 Å². The summed E-state index contributed by atoms with van der Waals surface area (Å²) in [7, 11) is 0.